The van der Waals surface area contributed by atoms with E-state index < -0.39 is 0 Å². The molecule has 0 spiro atoms. The summed E-state index contributed by atoms with van der Waals surface area (Å²) in [5.41, 5.74) is 2.27. The normalized spacial score (nSPS) is 10.8. The monoisotopic (exact) mass is 282 g/mol. The van der Waals surface area contributed by atoms with Crippen LogP contribution in [0.5, 0.6) is 0 Å². The number of hydrogen-bond acceptors (Lipinski definition) is 5. The molecule has 2 rings (SSSR count). The molecule has 0 atom stereocenters. The Morgan fingerprint density at radius 1 is 1.22 bits per heavy atom. The maximum Gasteiger partial charge on any atom is 0.171 e. The maximum absolute atomic E-state index is 5.16. The van der Waals surface area contributed by atoms with Crippen LogP contribution in [0.25, 0.3) is 5.69 Å². The van der Waals surface area contributed by atoms with Crippen LogP contribution in [-0.4, -0.2) is 16.4 Å². The van der Waals surface area contributed by atoms with Crippen LogP contribution < -0.4 is 0 Å². The molecule has 0 unspecified atom stereocenters. The molecule has 0 fully saturated rings. The molecule has 1 heterocycles. The van der Waals surface area contributed by atoms with Gasteiger partial charge < -0.3 is 0 Å². The van der Waals surface area contributed by atoms with Gasteiger partial charge in [-0.15, -0.1) is 0 Å². The van der Waals surface area contributed by atoms with Crippen LogP contribution in [0.15, 0.2) is 41.6 Å². The Morgan fingerprint density at radius 3 is 2.72 bits per heavy atom. The minimum Gasteiger partial charge on any atom is -0.291 e. The van der Waals surface area contributed by atoms with Gasteiger partial charge >= 0.3 is 0 Å². The highest BCUT2D eigenvalue weighted by molar-refractivity contribution is 8.05. The summed E-state index contributed by atoms with van der Waals surface area (Å²) in [6.45, 7) is 4.59. The first-order valence-corrected chi connectivity index (χ1v) is 6.96. The lowest BCUT2D eigenvalue weighted by Gasteiger charge is -2.01. The average Bonchev–Trinajstić information content (AvgIpc) is 2.84. The van der Waals surface area contributed by atoms with Gasteiger partial charge in [0.15, 0.2) is 12.3 Å². The lowest BCUT2D eigenvalue weighted by Crippen LogP contribution is -1.94. The zero-order chi connectivity index (χ0) is 12.8. The molecular formula is C12H14N2O2S2. The van der Waals surface area contributed by atoms with Crippen LogP contribution in [0, 0.1) is 6.92 Å². The summed E-state index contributed by atoms with van der Waals surface area (Å²) in [6, 6.07) is 10.1. The van der Waals surface area contributed by atoms with Gasteiger partial charge in [0, 0.05) is 6.20 Å². The van der Waals surface area contributed by atoms with Crippen LogP contribution in [-0.2, 0) is 7.81 Å². The van der Waals surface area contributed by atoms with Crippen molar-refractivity contribution in [3.05, 3.63) is 42.1 Å². The van der Waals surface area contributed by atoms with Crippen molar-refractivity contribution in [3.63, 3.8) is 0 Å². The Kier molecular flexibility index (Phi) is 5.12. The van der Waals surface area contributed by atoms with E-state index in [-0.39, 0.29) is 0 Å². The maximum atomic E-state index is 5.16. The van der Waals surface area contributed by atoms with Gasteiger partial charge in [0.25, 0.3) is 0 Å². The third kappa shape index (κ3) is 3.78. The molecule has 4 nitrogen and oxygen atoms in total. The van der Waals surface area contributed by atoms with Crippen LogP contribution in [0.2, 0.25) is 0 Å². The van der Waals surface area contributed by atoms with Crippen LogP contribution >= 0.6 is 24.4 Å². The van der Waals surface area contributed by atoms with Gasteiger partial charge in [0.2, 0.25) is 0 Å². The van der Waals surface area contributed by atoms with Crippen molar-refractivity contribution in [3.8, 4) is 5.69 Å². The summed E-state index contributed by atoms with van der Waals surface area (Å²) < 4.78 is 12.0. The minimum absolute atomic E-state index is 0.614. The summed E-state index contributed by atoms with van der Waals surface area (Å²) in [5.74, 6) is 0. The summed E-state index contributed by atoms with van der Waals surface area (Å²) >= 11 is 2.15. The van der Waals surface area contributed by atoms with Gasteiger partial charge in [-0.2, -0.15) is 5.10 Å². The Morgan fingerprint density at radius 2 is 2.00 bits per heavy atom. The van der Waals surface area contributed by atoms with Crippen molar-refractivity contribution in [2.45, 2.75) is 18.9 Å². The Bertz CT molecular complexity index is 485. The number of nitrogens with zero attached hydrogens (tertiary/aromatic N) is 2. The molecule has 0 aliphatic rings. The molecule has 1 aromatic carbocycles. The van der Waals surface area contributed by atoms with Crippen molar-refractivity contribution in [2.24, 2.45) is 0 Å². The number of aromatic nitrogens is 2. The molecule has 0 saturated heterocycles. The van der Waals surface area contributed by atoms with Gasteiger partial charge in [-0.25, -0.2) is 8.31 Å². The second-order valence-electron chi connectivity index (χ2n) is 3.56. The fourth-order valence-electron chi connectivity index (χ4n) is 1.31. The first kappa shape index (κ1) is 13.5. The fourth-order valence-corrected chi connectivity index (χ4v) is 2.19. The molecule has 0 aliphatic heterocycles. The number of benzene rings is 1. The highest BCUT2D eigenvalue weighted by Gasteiger charge is 2.03. The Hall–Kier alpha value is -0.950. The lowest BCUT2D eigenvalue weighted by molar-refractivity contribution is 0.377. The highest BCUT2D eigenvalue weighted by atomic mass is 32.2. The van der Waals surface area contributed by atoms with E-state index in [4.69, 9.17) is 7.81 Å². The van der Waals surface area contributed by atoms with Gasteiger partial charge in [-0.05, 0) is 32.0 Å². The van der Waals surface area contributed by atoms with Crippen molar-refractivity contribution in [1.82, 2.24) is 9.78 Å². The molecule has 2 aromatic rings. The Balaban J connectivity index is 1.95. The first-order valence-electron chi connectivity index (χ1n) is 5.55. The molecule has 0 amide bonds. The number of hydrogen-bond donors (Lipinski definition) is 0. The molecular weight excluding hydrogens is 268 g/mol. The lowest BCUT2D eigenvalue weighted by atomic mass is 10.2. The van der Waals surface area contributed by atoms with Gasteiger partial charge in [0.05, 0.1) is 24.3 Å². The summed E-state index contributed by atoms with van der Waals surface area (Å²) in [7, 11) is 0. The smallest absolute Gasteiger partial charge is 0.171 e. The summed E-state index contributed by atoms with van der Waals surface area (Å²) in [5, 5.41) is 5.19. The summed E-state index contributed by atoms with van der Waals surface area (Å²) in [6.07, 6.45) is 1.90. The molecule has 0 radical (unpaired) electrons. The first-order chi connectivity index (χ1) is 8.79. The van der Waals surface area contributed by atoms with E-state index >= 15 is 0 Å². The van der Waals surface area contributed by atoms with Crippen LogP contribution in [0.1, 0.15) is 12.5 Å². The third-order valence-electron chi connectivity index (χ3n) is 2.18. The number of aryl methyl sites for hydroxylation is 1. The van der Waals surface area contributed by atoms with Gasteiger partial charge in [-0.1, -0.05) is 17.7 Å². The molecule has 0 saturated carbocycles. The quantitative estimate of drug-likeness (QED) is 0.595. The average molecular weight is 282 g/mol. The van der Waals surface area contributed by atoms with Crippen molar-refractivity contribution >= 4 is 24.4 Å². The van der Waals surface area contributed by atoms with Crippen LogP contribution in [0.4, 0.5) is 0 Å². The van der Waals surface area contributed by atoms with Crippen LogP contribution in [0.3, 0.4) is 0 Å². The largest absolute Gasteiger partial charge is 0.291 e. The standard InChI is InChI=1S/C12H14N2O2S2/c1-3-15-18-16-17-12-8-9-14(13-12)11-6-4-10(2)5-7-11/h4-9H,3H2,1-2H3. The van der Waals surface area contributed by atoms with E-state index in [1.54, 1.807) is 0 Å². The third-order valence-corrected chi connectivity index (χ3v) is 3.39. The van der Waals surface area contributed by atoms with E-state index in [1.807, 2.05) is 36.0 Å². The van der Waals surface area contributed by atoms with Crippen molar-refractivity contribution in [1.29, 1.82) is 0 Å². The SMILES string of the molecule is CCOSOSc1ccn(-c2ccc(C)cc2)n1. The van der Waals surface area contributed by atoms with Crippen molar-refractivity contribution < 1.29 is 7.81 Å². The van der Waals surface area contributed by atoms with E-state index in [2.05, 4.69) is 24.2 Å². The molecule has 0 aliphatic carbocycles. The minimum atomic E-state index is 0.614. The van der Waals surface area contributed by atoms with E-state index in [0.29, 0.717) is 6.61 Å². The van der Waals surface area contributed by atoms with E-state index in [1.165, 1.54) is 17.6 Å². The molecule has 96 valence electrons. The van der Waals surface area contributed by atoms with Crippen molar-refractivity contribution in [2.75, 3.05) is 6.61 Å². The topological polar surface area (TPSA) is 36.3 Å². The molecule has 1 aromatic heterocycles. The fraction of sp³-hybridized carbons (Fsp3) is 0.250. The highest BCUT2D eigenvalue weighted by Crippen LogP contribution is 2.24. The van der Waals surface area contributed by atoms with E-state index in [0.717, 1.165) is 23.0 Å². The second kappa shape index (κ2) is 6.84. The molecule has 6 heteroatoms. The van der Waals surface area contributed by atoms with E-state index in [9.17, 15) is 0 Å². The molecule has 0 N–H and O–H groups in total. The molecule has 18 heavy (non-hydrogen) atoms. The molecule has 0 bridgehead atoms. The zero-order valence-electron chi connectivity index (χ0n) is 10.2. The second-order valence-corrected chi connectivity index (χ2v) is 5.06. The Labute approximate surface area is 115 Å². The predicted octanol–water partition coefficient (Wildman–Crippen LogP) is 3.80. The number of rotatable bonds is 6. The zero-order valence-corrected chi connectivity index (χ0v) is 11.8. The van der Waals surface area contributed by atoms with Gasteiger partial charge in [0.1, 0.15) is 5.03 Å². The summed E-state index contributed by atoms with van der Waals surface area (Å²) in [4.78, 5) is 0. The predicted molar refractivity (Wildman–Crippen MR) is 74.5 cm³/mol. The van der Waals surface area contributed by atoms with Gasteiger partial charge in [-0.3, -0.25) is 4.18 Å².